The molecule has 2 aromatic rings. The number of benzene rings is 2. The molecule has 0 heterocycles. The van der Waals surface area contributed by atoms with Gasteiger partial charge in [-0.15, -0.1) is 0 Å². The molecular weight excluding hydrogens is 789 g/mol. The third-order valence-electron chi connectivity index (χ3n) is 9.95. The molecule has 0 aliphatic rings. The van der Waals surface area contributed by atoms with Crippen LogP contribution in [0.4, 0.5) is 9.59 Å². The van der Waals surface area contributed by atoms with Gasteiger partial charge in [-0.05, 0) is 125 Å². The fraction of sp³-hybridized carbons (Fsp3) is 0.674. The lowest BCUT2D eigenvalue weighted by molar-refractivity contribution is 0.0518. The summed E-state index contributed by atoms with van der Waals surface area (Å²) in [5.74, 6) is 0.786. The van der Waals surface area contributed by atoms with Crippen LogP contribution in [0.1, 0.15) is 77.3 Å². The predicted octanol–water partition coefficient (Wildman–Crippen LogP) is 12.3. The van der Waals surface area contributed by atoms with E-state index in [4.69, 9.17) is 36.7 Å². The maximum Gasteiger partial charge on any atom is 0.513 e. The van der Waals surface area contributed by atoms with E-state index in [9.17, 15) is 9.59 Å². The molecule has 0 radical (unpaired) electrons. The van der Waals surface area contributed by atoms with Crippen molar-refractivity contribution < 1.29 is 46.2 Å². The molecule has 324 valence electrons. The van der Waals surface area contributed by atoms with Crippen molar-refractivity contribution in [1.29, 1.82) is 0 Å². The van der Waals surface area contributed by atoms with E-state index in [0.717, 1.165) is 36.1 Å². The van der Waals surface area contributed by atoms with Gasteiger partial charge in [0.1, 0.15) is 24.7 Å². The standard InChI is InChI=1S/C43H76O10Si4/c1-13-15-33-54(5,6)52-56(9,10)35-17-27-46-29-31-48-41(44)50-39-23-19-37(20-24-39)43(3,4)38-21-25-40(26-22-38)51-42(45)49-32-30-47-28-18-36-57(11,12)53-55(7,8)34-16-14-2/h19-26H,13-18,27-36H2,1-12H3. The second kappa shape index (κ2) is 24.7. The Hall–Kier alpha value is -2.31. The van der Waals surface area contributed by atoms with E-state index in [-0.39, 0.29) is 18.6 Å². The van der Waals surface area contributed by atoms with E-state index < -0.39 is 45.6 Å². The first-order chi connectivity index (χ1) is 26.7. The van der Waals surface area contributed by atoms with Crippen molar-refractivity contribution in [3.63, 3.8) is 0 Å². The molecule has 0 saturated heterocycles. The highest BCUT2D eigenvalue weighted by atomic mass is 28.4. The molecule has 57 heavy (non-hydrogen) atoms. The first-order valence-electron chi connectivity index (χ1n) is 21.2. The summed E-state index contributed by atoms with van der Waals surface area (Å²) in [7, 11) is -6.67. The van der Waals surface area contributed by atoms with E-state index in [1.165, 1.54) is 37.8 Å². The lowest BCUT2D eigenvalue weighted by atomic mass is 9.78. The van der Waals surface area contributed by atoms with Gasteiger partial charge in [0.15, 0.2) is 33.3 Å². The highest BCUT2D eigenvalue weighted by Crippen LogP contribution is 2.34. The lowest BCUT2D eigenvalue weighted by Crippen LogP contribution is -2.44. The van der Waals surface area contributed by atoms with E-state index >= 15 is 0 Å². The Kier molecular flexibility index (Phi) is 22.0. The van der Waals surface area contributed by atoms with Gasteiger partial charge >= 0.3 is 12.3 Å². The lowest BCUT2D eigenvalue weighted by Gasteiger charge is -2.34. The Bertz CT molecular complexity index is 1340. The summed E-state index contributed by atoms with van der Waals surface area (Å²) in [5, 5.41) is 0. The Morgan fingerprint density at radius 2 is 0.789 bits per heavy atom. The average Bonchev–Trinajstić information content (AvgIpc) is 3.12. The average molecular weight is 865 g/mol. The van der Waals surface area contributed by atoms with Gasteiger partial charge in [-0.25, -0.2) is 9.59 Å². The van der Waals surface area contributed by atoms with E-state index in [1.54, 1.807) is 24.3 Å². The molecule has 0 atom stereocenters. The topological polar surface area (TPSA) is 108 Å². The molecule has 0 saturated carbocycles. The second-order valence-corrected chi connectivity index (χ2v) is 35.7. The van der Waals surface area contributed by atoms with Crippen molar-refractivity contribution in [2.45, 2.75) is 148 Å². The third-order valence-corrected chi connectivity index (χ3v) is 25.0. The summed E-state index contributed by atoms with van der Waals surface area (Å²) >= 11 is 0. The zero-order valence-electron chi connectivity index (χ0n) is 37.5. The predicted molar refractivity (Wildman–Crippen MR) is 241 cm³/mol. The van der Waals surface area contributed by atoms with Gasteiger partial charge in [0.25, 0.3) is 0 Å². The Labute approximate surface area is 349 Å². The molecule has 10 nitrogen and oxygen atoms in total. The molecule has 0 aliphatic heterocycles. The van der Waals surface area contributed by atoms with E-state index in [1.807, 2.05) is 24.3 Å². The van der Waals surface area contributed by atoms with Crippen molar-refractivity contribution in [2.75, 3.05) is 39.6 Å². The van der Waals surface area contributed by atoms with Gasteiger partial charge in [-0.1, -0.05) is 77.6 Å². The molecule has 0 spiro atoms. The van der Waals surface area contributed by atoms with Crippen LogP contribution in [0.15, 0.2) is 48.5 Å². The van der Waals surface area contributed by atoms with E-state index in [2.05, 4.69) is 80.1 Å². The smallest absolute Gasteiger partial charge is 0.455 e. The van der Waals surface area contributed by atoms with Gasteiger partial charge in [-0.3, -0.25) is 0 Å². The van der Waals surface area contributed by atoms with Crippen LogP contribution in [0, 0.1) is 0 Å². The number of carbonyl (C=O) groups excluding carboxylic acids is 2. The molecule has 0 unspecified atom stereocenters. The molecular formula is C43H76O10Si4. The molecule has 2 aromatic carbocycles. The Morgan fingerprint density at radius 3 is 1.11 bits per heavy atom. The molecule has 0 bridgehead atoms. The van der Waals surface area contributed by atoms with Crippen molar-refractivity contribution in [2.24, 2.45) is 0 Å². The van der Waals surface area contributed by atoms with Gasteiger partial charge in [-0.2, -0.15) is 0 Å². The van der Waals surface area contributed by atoms with Crippen LogP contribution < -0.4 is 9.47 Å². The van der Waals surface area contributed by atoms with Crippen LogP contribution in [0.5, 0.6) is 11.5 Å². The number of ether oxygens (including phenoxy) is 6. The summed E-state index contributed by atoms with van der Waals surface area (Å²) < 4.78 is 45.9. The molecule has 14 heteroatoms. The zero-order valence-corrected chi connectivity index (χ0v) is 41.5. The van der Waals surface area contributed by atoms with Crippen molar-refractivity contribution in [3.05, 3.63) is 59.7 Å². The summed E-state index contributed by atoms with van der Waals surface area (Å²) in [5.41, 5.74) is 1.66. The molecule has 2 rings (SSSR count). The minimum Gasteiger partial charge on any atom is -0.455 e. The Balaban J connectivity index is 1.67. The van der Waals surface area contributed by atoms with Crippen LogP contribution in [-0.2, 0) is 32.6 Å². The van der Waals surface area contributed by atoms with Gasteiger partial charge in [0.05, 0.1) is 13.2 Å². The highest BCUT2D eigenvalue weighted by Gasteiger charge is 2.33. The van der Waals surface area contributed by atoms with Crippen LogP contribution in [0.25, 0.3) is 0 Å². The van der Waals surface area contributed by atoms with Crippen LogP contribution >= 0.6 is 0 Å². The minimum atomic E-state index is -1.73. The third kappa shape index (κ3) is 21.5. The number of carbonyl (C=O) groups is 2. The maximum absolute atomic E-state index is 12.3. The van der Waals surface area contributed by atoms with Crippen LogP contribution in [-0.4, -0.2) is 85.2 Å². The number of rotatable bonds is 28. The van der Waals surface area contributed by atoms with Crippen LogP contribution in [0.3, 0.4) is 0 Å². The molecule has 0 amide bonds. The summed E-state index contributed by atoms with van der Waals surface area (Å²) in [6.07, 6.45) is 5.23. The first-order valence-corrected chi connectivity index (χ1v) is 33.6. The highest BCUT2D eigenvalue weighted by molar-refractivity contribution is 6.85. The first kappa shape index (κ1) is 50.8. The zero-order chi connectivity index (χ0) is 42.6. The van der Waals surface area contributed by atoms with Crippen molar-refractivity contribution >= 4 is 45.6 Å². The second-order valence-electron chi connectivity index (χ2n) is 18.0. The molecule has 0 fully saturated rings. The van der Waals surface area contributed by atoms with Gasteiger partial charge in [0, 0.05) is 18.6 Å². The minimum absolute atomic E-state index is 0.125. The maximum atomic E-state index is 12.3. The number of unbranched alkanes of at least 4 members (excludes halogenated alkanes) is 2. The largest absolute Gasteiger partial charge is 0.513 e. The molecule has 0 aliphatic carbocycles. The SMILES string of the molecule is CCCC[Si](C)(C)O[Si](C)(C)CCCOCCOC(=O)Oc1ccc(C(C)(C)c2ccc(OC(=O)OCCOCCC[Si](C)(C)O[Si](C)(C)CCCC)cc2)cc1. The summed E-state index contributed by atoms with van der Waals surface area (Å²) in [4.78, 5) is 24.6. The van der Waals surface area contributed by atoms with Crippen molar-refractivity contribution in [1.82, 2.24) is 0 Å². The van der Waals surface area contributed by atoms with Gasteiger partial charge < -0.3 is 36.7 Å². The quantitative estimate of drug-likeness (QED) is 0.0355. The number of hydrogen-bond donors (Lipinski definition) is 0. The molecule has 0 N–H and O–H groups in total. The Morgan fingerprint density at radius 1 is 0.474 bits per heavy atom. The number of hydrogen-bond acceptors (Lipinski definition) is 10. The molecule has 0 aromatic heterocycles. The fourth-order valence-electron chi connectivity index (χ4n) is 6.97. The van der Waals surface area contributed by atoms with Crippen LogP contribution in [0.2, 0.25) is 76.6 Å². The van der Waals surface area contributed by atoms with Gasteiger partial charge in [0.2, 0.25) is 0 Å². The summed E-state index contributed by atoms with van der Waals surface area (Å²) in [6.45, 7) is 29.3. The monoisotopic (exact) mass is 864 g/mol. The fourth-order valence-corrected chi connectivity index (χ4v) is 25.0. The van der Waals surface area contributed by atoms with Crippen molar-refractivity contribution in [3.8, 4) is 11.5 Å². The summed E-state index contributed by atoms with van der Waals surface area (Å²) in [6, 6.07) is 19.2. The van der Waals surface area contributed by atoms with E-state index in [0.29, 0.717) is 37.9 Å². The normalized spacial score (nSPS) is 12.7.